The maximum Gasteiger partial charge on any atom is 0.0275 e. The average Bonchev–Trinajstić information content (AvgIpc) is 2.48. The van der Waals surface area contributed by atoms with Crippen molar-refractivity contribution < 1.29 is 0 Å². The molecule has 2 aliphatic heterocycles. The molecule has 0 N–H and O–H groups in total. The lowest BCUT2D eigenvalue weighted by Crippen LogP contribution is -2.49. The predicted molar refractivity (Wildman–Crippen MR) is 87.2 cm³/mol. The number of piperidine rings is 1. The molecule has 20 heavy (non-hydrogen) atoms. The van der Waals surface area contributed by atoms with Crippen LogP contribution in [0.5, 0.6) is 0 Å². The fraction of sp³-hybridized carbons (Fsp3) is 0.882. The van der Waals surface area contributed by atoms with E-state index in [1.54, 1.807) is 0 Å². The number of likely N-dealkylation sites (tertiary alicyclic amines) is 1. The number of nitrogens with zero attached hydrogens (tertiary/aromatic N) is 3. The second-order valence-corrected chi connectivity index (χ2v) is 6.66. The van der Waals surface area contributed by atoms with Gasteiger partial charge in [0.2, 0.25) is 0 Å². The van der Waals surface area contributed by atoms with E-state index in [-0.39, 0.29) is 0 Å². The Kier molecular flexibility index (Phi) is 6.53. The summed E-state index contributed by atoms with van der Waals surface area (Å²) in [6.07, 6.45) is 7.53. The van der Waals surface area contributed by atoms with Crippen LogP contribution in [0.4, 0.5) is 0 Å². The van der Waals surface area contributed by atoms with Gasteiger partial charge in [0.05, 0.1) is 0 Å². The van der Waals surface area contributed by atoms with Crippen molar-refractivity contribution in [2.75, 3.05) is 45.8 Å². The van der Waals surface area contributed by atoms with E-state index >= 15 is 0 Å². The second kappa shape index (κ2) is 8.16. The zero-order chi connectivity index (χ0) is 14.4. The van der Waals surface area contributed by atoms with Crippen LogP contribution in [0.2, 0.25) is 0 Å². The van der Waals surface area contributed by atoms with Crippen molar-refractivity contribution >= 4 is 0 Å². The Labute approximate surface area is 125 Å². The standard InChI is InChI=1S/C17H33N3/c1-4-17-8-5-6-10-20(17)11-7-9-18-12-14-19(15-13-18)16(2)3/h4,16-17H,1,5-15H2,2-3H3/t17-/m1/s1. The third-order valence-electron chi connectivity index (χ3n) is 4.99. The van der Waals surface area contributed by atoms with Crippen molar-refractivity contribution in [2.45, 2.75) is 51.6 Å². The van der Waals surface area contributed by atoms with E-state index in [1.807, 2.05) is 0 Å². The van der Waals surface area contributed by atoms with Crippen LogP contribution in [0.3, 0.4) is 0 Å². The van der Waals surface area contributed by atoms with Gasteiger partial charge in [-0.3, -0.25) is 9.80 Å². The maximum absolute atomic E-state index is 4.00. The number of rotatable bonds is 6. The van der Waals surface area contributed by atoms with Crippen LogP contribution in [-0.4, -0.2) is 72.6 Å². The molecule has 2 rings (SSSR count). The zero-order valence-corrected chi connectivity index (χ0v) is 13.6. The summed E-state index contributed by atoms with van der Waals surface area (Å²) >= 11 is 0. The highest BCUT2D eigenvalue weighted by Gasteiger charge is 2.21. The third kappa shape index (κ3) is 4.57. The third-order valence-corrected chi connectivity index (χ3v) is 4.99. The van der Waals surface area contributed by atoms with Crippen molar-refractivity contribution in [3.63, 3.8) is 0 Å². The molecular formula is C17H33N3. The van der Waals surface area contributed by atoms with Crippen LogP contribution in [0, 0.1) is 0 Å². The fourth-order valence-corrected chi connectivity index (χ4v) is 3.56. The summed E-state index contributed by atoms with van der Waals surface area (Å²) in [7, 11) is 0. The Hall–Kier alpha value is -0.380. The molecule has 3 heteroatoms. The van der Waals surface area contributed by atoms with E-state index < -0.39 is 0 Å². The van der Waals surface area contributed by atoms with Crippen molar-refractivity contribution in [1.82, 2.24) is 14.7 Å². The van der Waals surface area contributed by atoms with Crippen molar-refractivity contribution in [3.05, 3.63) is 12.7 Å². The highest BCUT2D eigenvalue weighted by molar-refractivity contribution is 4.90. The van der Waals surface area contributed by atoms with Crippen LogP contribution in [0.25, 0.3) is 0 Å². The molecule has 2 saturated heterocycles. The summed E-state index contributed by atoms with van der Waals surface area (Å²) in [6, 6.07) is 1.35. The predicted octanol–water partition coefficient (Wildman–Crippen LogP) is 2.44. The van der Waals surface area contributed by atoms with E-state index in [1.165, 1.54) is 71.5 Å². The molecule has 0 saturated carbocycles. The summed E-state index contributed by atoms with van der Waals surface area (Å²) in [5.41, 5.74) is 0. The molecule has 116 valence electrons. The zero-order valence-electron chi connectivity index (χ0n) is 13.6. The molecule has 2 aliphatic rings. The van der Waals surface area contributed by atoms with Gasteiger partial charge in [-0.1, -0.05) is 12.5 Å². The van der Waals surface area contributed by atoms with E-state index in [4.69, 9.17) is 0 Å². The van der Waals surface area contributed by atoms with Gasteiger partial charge in [-0.25, -0.2) is 0 Å². The molecule has 0 radical (unpaired) electrons. The average molecular weight is 279 g/mol. The maximum atomic E-state index is 4.00. The molecule has 0 unspecified atom stereocenters. The lowest BCUT2D eigenvalue weighted by atomic mass is 10.0. The van der Waals surface area contributed by atoms with Gasteiger partial charge in [-0.15, -0.1) is 6.58 Å². The van der Waals surface area contributed by atoms with Gasteiger partial charge in [0, 0.05) is 38.3 Å². The Balaban J connectivity index is 1.62. The first-order valence-electron chi connectivity index (χ1n) is 8.53. The first-order valence-corrected chi connectivity index (χ1v) is 8.53. The van der Waals surface area contributed by atoms with Crippen LogP contribution in [0.15, 0.2) is 12.7 Å². The summed E-state index contributed by atoms with van der Waals surface area (Å²) in [5, 5.41) is 0. The quantitative estimate of drug-likeness (QED) is 0.692. The molecule has 1 atom stereocenters. The Morgan fingerprint density at radius 3 is 2.45 bits per heavy atom. The lowest BCUT2D eigenvalue weighted by molar-refractivity contribution is 0.101. The number of piperazine rings is 1. The summed E-state index contributed by atoms with van der Waals surface area (Å²) in [6.45, 7) is 17.4. The second-order valence-electron chi connectivity index (χ2n) is 6.66. The first kappa shape index (κ1) is 16.0. The Bertz CT molecular complexity index is 282. The van der Waals surface area contributed by atoms with Gasteiger partial charge >= 0.3 is 0 Å². The minimum atomic E-state index is 0.640. The molecule has 0 bridgehead atoms. The highest BCUT2D eigenvalue weighted by Crippen LogP contribution is 2.18. The van der Waals surface area contributed by atoms with E-state index in [0.717, 1.165) is 0 Å². The molecule has 2 fully saturated rings. The number of hydrogen-bond acceptors (Lipinski definition) is 3. The Morgan fingerprint density at radius 1 is 1.05 bits per heavy atom. The summed E-state index contributed by atoms with van der Waals surface area (Å²) in [4.78, 5) is 7.88. The molecule has 0 aromatic heterocycles. The first-order chi connectivity index (χ1) is 9.70. The number of hydrogen-bond donors (Lipinski definition) is 0. The minimum absolute atomic E-state index is 0.640. The molecule has 0 aromatic rings. The molecule has 0 aromatic carbocycles. The van der Waals surface area contributed by atoms with Gasteiger partial charge in [-0.05, 0) is 52.7 Å². The summed E-state index contributed by atoms with van der Waals surface area (Å²) < 4.78 is 0. The van der Waals surface area contributed by atoms with Gasteiger partial charge in [0.25, 0.3) is 0 Å². The molecule has 0 amide bonds. The minimum Gasteiger partial charge on any atom is -0.301 e. The largest absolute Gasteiger partial charge is 0.301 e. The molecular weight excluding hydrogens is 246 g/mol. The van der Waals surface area contributed by atoms with E-state index in [0.29, 0.717) is 12.1 Å². The van der Waals surface area contributed by atoms with Gasteiger partial charge in [0.1, 0.15) is 0 Å². The monoisotopic (exact) mass is 279 g/mol. The smallest absolute Gasteiger partial charge is 0.0275 e. The summed E-state index contributed by atoms with van der Waals surface area (Å²) in [5.74, 6) is 0. The van der Waals surface area contributed by atoms with Crippen molar-refractivity contribution in [1.29, 1.82) is 0 Å². The molecule has 0 spiro atoms. The fourth-order valence-electron chi connectivity index (χ4n) is 3.56. The van der Waals surface area contributed by atoms with Crippen molar-refractivity contribution in [2.24, 2.45) is 0 Å². The SMILES string of the molecule is C=C[C@@H]1CCCCN1CCCN1CCN(C(C)C)CC1. The molecule has 3 nitrogen and oxygen atoms in total. The highest BCUT2D eigenvalue weighted by atomic mass is 15.3. The Morgan fingerprint density at radius 2 is 1.80 bits per heavy atom. The van der Waals surface area contributed by atoms with Gasteiger partial charge < -0.3 is 4.90 Å². The van der Waals surface area contributed by atoms with Crippen molar-refractivity contribution in [3.8, 4) is 0 Å². The van der Waals surface area contributed by atoms with Gasteiger partial charge in [-0.2, -0.15) is 0 Å². The molecule has 2 heterocycles. The van der Waals surface area contributed by atoms with E-state index in [2.05, 4.69) is 41.2 Å². The lowest BCUT2D eigenvalue weighted by Gasteiger charge is -2.38. The van der Waals surface area contributed by atoms with Crippen LogP contribution < -0.4 is 0 Å². The van der Waals surface area contributed by atoms with Gasteiger partial charge in [0.15, 0.2) is 0 Å². The van der Waals surface area contributed by atoms with Crippen LogP contribution >= 0.6 is 0 Å². The molecule has 0 aliphatic carbocycles. The van der Waals surface area contributed by atoms with Crippen LogP contribution in [0.1, 0.15) is 39.5 Å². The topological polar surface area (TPSA) is 9.72 Å². The normalized spacial score (nSPS) is 27.1. The van der Waals surface area contributed by atoms with Crippen LogP contribution in [-0.2, 0) is 0 Å². The van der Waals surface area contributed by atoms with E-state index in [9.17, 15) is 0 Å².